The Morgan fingerprint density at radius 1 is 1.18 bits per heavy atom. The van der Waals surface area contributed by atoms with E-state index < -0.39 is 0 Å². The van der Waals surface area contributed by atoms with Gasteiger partial charge in [-0.05, 0) is 6.42 Å². The Hall–Kier alpha value is 0.530. The molecule has 5 N–H and O–H groups in total. The number of hydrazine groups is 2. The summed E-state index contributed by atoms with van der Waals surface area (Å²) in [6.07, 6.45) is 0.913. The average Bonchev–Trinajstić information content (AvgIpc) is 1.87. The van der Waals surface area contributed by atoms with Gasteiger partial charge in [0.25, 0.3) is 0 Å². The van der Waals surface area contributed by atoms with Crippen molar-refractivity contribution in [2.75, 3.05) is 26.2 Å². The topological polar surface area (TPSA) is 78.8 Å². The first-order valence-corrected chi connectivity index (χ1v) is 4.42. The molecule has 0 aromatic heterocycles. The third kappa shape index (κ3) is 8.44. The van der Waals surface area contributed by atoms with Crippen LogP contribution in [0.15, 0.2) is 0 Å². The monoisotopic (exact) mass is 274 g/mol. The Morgan fingerprint density at radius 2 is 1.82 bits per heavy atom. The minimum absolute atomic E-state index is 0.192. The van der Waals surface area contributed by atoms with Gasteiger partial charge in [0, 0.05) is 42.5 Å². The number of nitrogens with two attached hydrogens (primary N) is 2. The molecule has 5 nitrogen and oxygen atoms in total. The summed E-state index contributed by atoms with van der Waals surface area (Å²) in [5.74, 6) is 10.4. The molecular weight excluding hydrogens is 259 g/mol. The molecule has 0 unspecified atom stereocenters. The molecule has 0 atom stereocenters. The van der Waals surface area contributed by atoms with Crippen LogP contribution in [-0.4, -0.2) is 39.6 Å². The van der Waals surface area contributed by atoms with E-state index >= 15 is 0 Å². The van der Waals surface area contributed by atoms with E-state index in [1.54, 1.807) is 0 Å². The van der Waals surface area contributed by atoms with Crippen LogP contribution in [0, 0.1) is 0 Å². The number of rotatable bonds is 6. The third-order valence-corrected chi connectivity index (χ3v) is 2.12. The minimum atomic E-state index is 0.192. The molecule has 0 aliphatic carbocycles. The third-order valence-electron chi connectivity index (χ3n) is 1.16. The number of hydrogen-bond acceptors (Lipinski definition) is 5. The molecule has 0 heterocycles. The van der Waals surface area contributed by atoms with Crippen molar-refractivity contribution in [2.24, 2.45) is 11.7 Å². The number of aliphatic hydroxyl groups is 1. The van der Waals surface area contributed by atoms with E-state index in [9.17, 15) is 0 Å². The number of hydrogen-bond donors (Lipinski definition) is 3. The molecular formula is C5H15IN4O. The van der Waals surface area contributed by atoms with Gasteiger partial charge in [0.2, 0.25) is 0 Å². The SMILES string of the molecule is NN(N)CCCN(I)CCO. The largest absolute Gasteiger partial charge is 0.395 e. The Bertz CT molecular complexity index is 92.6. The highest BCUT2D eigenvalue weighted by Crippen LogP contribution is 1.98. The second kappa shape index (κ2) is 7.19. The normalized spacial score (nSPS) is 11.5. The highest BCUT2D eigenvalue weighted by molar-refractivity contribution is 14.1. The molecule has 0 aliphatic rings. The quantitative estimate of drug-likeness (QED) is 0.252. The first-order chi connectivity index (χ1) is 5.16. The Labute approximate surface area is 80.8 Å². The lowest BCUT2D eigenvalue weighted by Crippen LogP contribution is -2.39. The predicted molar refractivity (Wildman–Crippen MR) is 52.4 cm³/mol. The van der Waals surface area contributed by atoms with E-state index in [1.165, 1.54) is 5.12 Å². The highest BCUT2D eigenvalue weighted by Gasteiger charge is 1.98. The van der Waals surface area contributed by atoms with Crippen LogP contribution in [0.25, 0.3) is 0 Å². The van der Waals surface area contributed by atoms with Crippen molar-refractivity contribution in [3.8, 4) is 0 Å². The summed E-state index contributed by atoms with van der Waals surface area (Å²) in [5, 5.41) is 9.71. The molecule has 0 aromatic carbocycles. The molecule has 0 radical (unpaired) electrons. The predicted octanol–water partition coefficient (Wildman–Crippen LogP) is -0.930. The summed E-state index contributed by atoms with van der Waals surface area (Å²) in [5.41, 5.74) is 0. The molecule has 6 heteroatoms. The molecule has 0 saturated heterocycles. The molecule has 0 rings (SSSR count). The fourth-order valence-electron chi connectivity index (χ4n) is 0.645. The van der Waals surface area contributed by atoms with Crippen LogP contribution in [0.3, 0.4) is 0 Å². The molecule has 0 amide bonds. The maximum absolute atomic E-state index is 8.54. The molecule has 0 bridgehead atoms. The first kappa shape index (κ1) is 11.5. The second-order valence-corrected chi connectivity index (χ2v) is 3.59. The fraction of sp³-hybridized carbons (Fsp3) is 1.00. The van der Waals surface area contributed by atoms with Crippen LogP contribution in [-0.2, 0) is 0 Å². The smallest absolute Gasteiger partial charge is 0.0566 e. The van der Waals surface area contributed by atoms with Crippen molar-refractivity contribution < 1.29 is 5.11 Å². The number of nitrogens with zero attached hydrogens (tertiary/aromatic N) is 2. The van der Waals surface area contributed by atoms with Gasteiger partial charge in [-0.1, -0.05) is 0 Å². The van der Waals surface area contributed by atoms with Crippen molar-refractivity contribution in [3.63, 3.8) is 0 Å². The van der Waals surface area contributed by atoms with Crippen molar-refractivity contribution in [3.05, 3.63) is 0 Å². The molecule has 0 fully saturated rings. The second-order valence-electron chi connectivity index (χ2n) is 2.22. The lowest BCUT2D eigenvalue weighted by atomic mass is 10.4. The van der Waals surface area contributed by atoms with Gasteiger partial charge in [-0.25, -0.2) is 3.11 Å². The Morgan fingerprint density at radius 3 is 2.27 bits per heavy atom. The number of aliphatic hydroxyl groups excluding tert-OH is 1. The van der Waals surface area contributed by atoms with Gasteiger partial charge in [0.1, 0.15) is 0 Å². The van der Waals surface area contributed by atoms with Gasteiger partial charge in [0.15, 0.2) is 0 Å². The van der Waals surface area contributed by atoms with Gasteiger partial charge < -0.3 is 5.11 Å². The Kier molecular flexibility index (Phi) is 7.54. The molecule has 0 aliphatic heterocycles. The van der Waals surface area contributed by atoms with Crippen molar-refractivity contribution in [2.45, 2.75) is 6.42 Å². The van der Waals surface area contributed by atoms with E-state index in [0.717, 1.165) is 13.0 Å². The highest BCUT2D eigenvalue weighted by atomic mass is 127. The van der Waals surface area contributed by atoms with Crippen molar-refractivity contribution in [1.82, 2.24) is 8.23 Å². The van der Waals surface area contributed by atoms with Crippen LogP contribution in [0.1, 0.15) is 6.42 Å². The molecule has 11 heavy (non-hydrogen) atoms. The van der Waals surface area contributed by atoms with Crippen LogP contribution < -0.4 is 11.7 Å². The van der Waals surface area contributed by atoms with Gasteiger partial charge in [0.05, 0.1) is 6.61 Å². The van der Waals surface area contributed by atoms with Gasteiger partial charge in [-0.2, -0.15) is 5.12 Å². The average molecular weight is 274 g/mol. The van der Waals surface area contributed by atoms with E-state index in [4.69, 9.17) is 16.8 Å². The van der Waals surface area contributed by atoms with Crippen LogP contribution >= 0.6 is 22.9 Å². The summed E-state index contributed by atoms with van der Waals surface area (Å²) >= 11 is 2.16. The first-order valence-electron chi connectivity index (χ1n) is 3.45. The van der Waals surface area contributed by atoms with Crippen LogP contribution in [0.5, 0.6) is 0 Å². The maximum Gasteiger partial charge on any atom is 0.0566 e. The summed E-state index contributed by atoms with van der Waals surface area (Å²) in [6, 6.07) is 0. The fourth-order valence-corrected chi connectivity index (χ4v) is 1.20. The maximum atomic E-state index is 8.54. The van der Waals surface area contributed by atoms with Gasteiger partial charge in [-0.3, -0.25) is 11.7 Å². The Balaban J connectivity index is 3.10. The summed E-state index contributed by atoms with van der Waals surface area (Å²) in [7, 11) is 0. The summed E-state index contributed by atoms with van der Waals surface area (Å²) in [4.78, 5) is 0. The number of halogens is 1. The standard InChI is InChI=1S/C5H15IN4O/c6-9(4-5-11)2-1-3-10(7)8/h11H,1-5,7-8H2. The lowest BCUT2D eigenvalue weighted by Gasteiger charge is -2.14. The van der Waals surface area contributed by atoms with Gasteiger partial charge >= 0.3 is 0 Å². The molecule has 0 aromatic rings. The van der Waals surface area contributed by atoms with Gasteiger partial charge in [-0.15, -0.1) is 0 Å². The zero-order chi connectivity index (χ0) is 8.69. The van der Waals surface area contributed by atoms with Crippen LogP contribution in [0.4, 0.5) is 0 Å². The summed E-state index contributed by atoms with van der Waals surface area (Å²) in [6.45, 7) is 2.45. The molecule has 0 saturated carbocycles. The van der Waals surface area contributed by atoms with E-state index in [-0.39, 0.29) is 6.61 Å². The minimum Gasteiger partial charge on any atom is -0.395 e. The van der Waals surface area contributed by atoms with Crippen LogP contribution in [0.2, 0.25) is 0 Å². The zero-order valence-electron chi connectivity index (χ0n) is 6.41. The summed E-state index contributed by atoms with van der Waals surface area (Å²) < 4.78 is 2.00. The van der Waals surface area contributed by atoms with Crippen molar-refractivity contribution >= 4 is 22.9 Å². The lowest BCUT2D eigenvalue weighted by molar-refractivity contribution is 0.253. The van der Waals surface area contributed by atoms with E-state index in [2.05, 4.69) is 22.9 Å². The van der Waals surface area contributed by atoms with E-state index in [1.807, 2.05) is 3.11 Å². The zero-order valence-corrected chi connectivity index (χ0v) is 8.57. The van der Waals surface area contributed by atoms with E-state index in [0.29, 0.717) is 13.1 Å². The molecule has 68 valence electrons. The van der Waals surface area contributed by atoms with Crippen molar-refractivity contribution in [1.29, 1.82) is 0 Å². The molecule has 0 spiro atoms.